The lowest BCUT2D eigenvalue weighted by atomic mass is 9.91. The zero-order valence-corrected chi connectivity index (χ0v) is 14.9. The molecule has 0 spiro atoms. The highest BCUT2D eigenvalue weighted by Crippen LogP contribution is 2.26. The number of imidazole rings is 1. The molecule has 5 heteroatoms. The van der Waals surface area contributed by atoms with Gasteiger partial charge in [-0.15, -0.1) is 0 Å². The van der Waals surface area contributed by atoms with Crippen LogP contribution in [0.3, 0.4) is 0 Å². The lowest BCUT2D eigenvalue weighted by molar-refractivity contribution is 0.401. The average Bonchev–Trinajstić information content (AvgIpc) is 2.96. The third-order valence-corrected chi connectivity index (χ3v) is 5.44. The molecule has 130 valence electrons. The summed E-state index contributed by atoms with van der Waals surface area (Å²) < 4.78 is 2.21. The van der Waals surface area contributed by atoms with Crippen molar-refractivity contribution in [2.24, 2.45) is 5.73 Å². The van der Waals surface area contributed by atoms with E-state index in [0.29, 0.717) is 6.54 Å². The molecule has 1 aliphatic rings. The van der Waals surface area contributed by atoms with E-state index in [9.17, 15) is 0 Å². The third kappa shape index (κ3) is 3.37. The number of hydrogen-bond donors (Lipinski definition) is 2. The van der Waals surface area contributed by atoms with Gasteiger partial charge in [-0.25, -0.2) is 4.98 Å². The molecule has 3 aromatic rings. The Bertz CT molecular complexity index is 873. The van der Waals surface area contributed by atoms with Crippen LogP contribution in [-0.2, 0) is 6.54 Å². The summed E-state index contributed by atoms with van der Waals surface area (Å²) in [5.41, 5.74) is 9.51. The molecular weight excluding hydrogens is 332 g/mol. The van der Waals surface area contributed by atoms with Crippen LogP contribution in [0.15, 0.2) is 48.5 Å². The van der Waals surface area contributed by atoms with Crippen LogP contribution in [-0.4, -0.2) is 21.6 Å². The molecule has 2 atom stereocenters. The molecule has 1 heterocycles. The number of rotatable bonds is 4. The molecular formula is C20H23ClN4. The molecule has 1 aromatic heterocycles. The monoisotopic (exact) mass is 354 g/mol. The van der Waals surface area contributed by atoms with Crippen LogP contribution >= 0.6 is 11.6 Å². The summed E-state index contributed by atoms with van der Waals surface area (Å²) in [6, 6.07) is 16.6. The Morgan fingerprint density at radius 2 is 1.84 bits per heavy atom. The van der Waals surface area contributed by atoms with E-state index in [4.69, 9.17) is 22.3 Å². The number of anilines is 1. The average molecular weight is 355 g/mol. The second-order valence-electron chi connectivity index (χ2n) is 6.80. The smallest absolute Gasteiger partial charge is 0.204 e. The minimum atomic E-state index is 0.183. The number of halogens is 1. The molecule has 1 saturated carbocycles. The normalized spacial score (nSPS) is 20.7. The molecule has 1 aliphatic carbocycles. The molecule has 4 rings (SSSR count). The van der Waals surface area contributed by atoms with Crippen molar-refractivity contribution < 1.29 is 0 Å². The molecule has 0 amide bonds. The predicted octanol–water partition coefficient (Wildman–Crippen LogP) is 4.42. The van der Waals surface area contributed by atoms with Crippen molar-refractivity contribution in [1.82, 2.24) is 9.55 Å². The zero-order valence-electron chi connectivity index (χ0n) is 14.2. The Morgan fingerprint density at radius 3 is 2.68 bits per heavy atom. The van der Waals surface area contributed by atoms with Crippen molar-refractivity contribution in [1.29, 1.82) is 0 Å². The van der Waals surface area contributed by atoms with Crippen LogP contribution in [0.2, 0.25) is 5.02 Å². The molecule has 2 aromatic carbocycles. The highest BCUT2D eigenvalue weighted by molar-refractivity contribution is 6.31. The first-order valence-corrected chi connectivity index (χ1v) is 9.31. The largest absolute Gasteiger partial charge is 0.351 e. The number of fused-ring (bicyclic) bond motifs is 1. The Morgan fingerprint density at radius 1 is 1.08 bits per heavy atom. The first-order chi connectivity index (χ1) is 12.2. The van der Waals surface area contributed by atoms with Crippen molar-refractivity contribution in [2.45, 2.75) is 44.3 Å². The highest BCUT2D eigenvalue weighted by atomic mass is 35.5. The topological polar surface area (TPSA) is 55.9 Å². The third-order valence-electron chi connectivity index (χ3n) is 5.07. The predicted molar refractivity (Wildman–Crippen MR) is 104 cm³/mol. The van der Waals surface area contributed by atoms with Crippen molar-refractivity contribution in [2.75, 3.05) is 5.32 Å². The van der Waals surface area contributed by atoms with Crippen LogP contribution in [0.1, 0.15) is 31.2 Å². The van der Waals surface area contributed by atoms with Gasteiger partial charge in [-0.2, -0.15) is 0 Å². The van der Waals surface area contributed by atoms with E-state index in [0.717, 1.165) is 40.4 Å². The van der Waals surface area contributed by atoms with E-state index in [1.807, 2.05) is 36.4 Å². The summed E-state index contributed by atoms with van der Waals surface area (Å²) >= 11 is 6.39. The zero-order chi connectivity index (χ0) is 17.2. The molecule has 0 aliphatic heterocycles. The summed E-state index contributed by atoms with van der Waals surface area (Å²) in [5, 5.41) is 4.39. The summed E-state index contributed by atoms with van der Waals surface area (Å²) in [4.78, 5) is 4.82. The quantitative estimate of drug-likeness (QED) is 0.729. The Labute approximate surface area is 153 Å². The van der Waals surface area contributed by atoms with E-state index >= 15 is 0 Å². The molecule has 4 nitrogen and oxygen atoms in total. The number of nitrogens with zero attached hydrogens (tertiary/aromatic N) is 2. The number of nitrogens with two attached hydrogens (primary N) is 1. The van der Waals surface area contributed by atoms with Crippen LogP contribution in [0.5, 0.6) is 0 Å². The Balaban J connectivity index is 1.72. The SMILES string of the molecule is N[C@H]1CCCC[C@H]1Nc1nc2ccccc2n1Cc1ccccc1Cl. The highest BCUT2D eigenvalue weighted by Gasteiger charge is 2.23. The standard InChI is InChI=1S/C20H23ClN4/c21-15-8-2-1-7-14(15)13-25-19-12-6-5-11-18(19)24-20(25)23-17-10-4-3-9-16(17)22/h1-2,5-8,11-12,16-17H,3-4,9-10,13,22H2,(H,23,24)/t16-,17+/m0/s1. The molecule has 0 saturated heterocycles. The minimum absolute atomic E-state index is 0.183. The van der Waals surface area contributed by atoms with Gasteiger partial charge < -0.3 is 15.6 Å². The fourth-order valence-corrected chi connectivity index (χ4v) is 3.84. The van der Waals surface area contributed by atoms with Gasteiger partial charge in [0.15, 0.2) is 0 Å². The van der Waals surface area contributed by atoms with Crippen molar-refractivity contribution in [3.05, 3.63) is 59.1 Å². The summed E-state index contributed by atoms with van der Waals surface area (Å²) in [6.45, 7) is 0.685. The maximum absolute atomic E-state index is 6.39. The lowest BCUT2D eigenvalue weighted by Gasteiger charge is -2.29. The number of aromatic nitrogens is 2. The first kappa shape index (κ1) is 16.4. The van der Waals surface area contributed by atoms with Gasteiger partial charge in [-0.3, -0.25) is 0 Å². The maximum atomic E-state index is 6.39. The second kappa shape index (κ2) is 7.06. The van der Waals surface area contributed by atoms with Gasteiger partial charge in [0.1, 0.15) is 0 Å². The number of para-hydroxylation sites is 2. The van der Waals surface area contributed by atoms with Crippen molar-refractivity contribution in [3.63, 3.8) is 0 Å². The van der Waals surface area contributed by atoms with Crippen LogP contribution in [0.25, 0.3) is 11.0 Å². The van der Waals surface area contributed by atoms with E-state index in [-0.39, 0.29) is 12.1 Å². The summed E-state index contributed by atoms with van der Waals surface area (Å²) in [7, 11) is 0. The van der Waals surface area contributed by atoms with Gasteiger partial charge in [0.05, 0.1) is 17.6 Å². The maximum Gasteiger partial charge on any atom is 0.204 e. The van der Waals surface area contributed by atoms with Gasteiger partial charge in [-0.05, 0) is 36.6 Å². The number of benzene rings is 2. The van der Waals surface area contributed by atoms with Crippen molar-refractivity contribution in [3.8, 4) is 0 Å². The lowest BCUT2D eigenvalue weighted by Crippen LogP contribution is -2.43. The fourth-order valence-electron chi connectivity index (χ4n) is 3.65. The van der Waals surface area contributed by atoms with Gasteiger partial charge >= 0.3 is 0 Å². The molecule has 3 N–H and O–H groups in total. The molecule has 1 fully saturated rings. The van der Waals surface area contributed by atoms with Gasteiger partial charge in [0.2, 0.25) is 5.95 Å². The van der Waals surface area contributed by atoms with Crippen LogP contribution < -0.4 is 11.1 Å². The first-order valence-electron chi connectivity index (χ1n) is 8.93. The van der Waals surface area contributed by atoms with Gasteiger partial charge in [-0.1, -0.05) is 54.8 Å². The van der Waals surface area contributed by atoms with E-state index in [1.54, 1.807) is 0 Å². The molecule has 25 heavy (non-hydrogen) atoms. The van der Waals surface area contributed by atoms with Crippen LogP contribution in [0.4, 0.5) is 5.95 Å². The van der Waals surface area contributed by atoms with E-state index < -0.39 is 0 Å². The minimum Gasteiger partial charge on any atom is -0.351 e. The second-order valence-corrected chi connectivity index (χ2v) is 7.21. The van der Waals surface area contributed by atoms with Gasteiger partial charge in [0.25, 0.3) is 0 Å². The molecule has 0 bridgehead atoms. The molecule has 0 radical (unpaired) electrons. The van der Waals surface area contributed by atoms with Crippen LogP contribution in [0, 0.1) is 0 Å². The van der Waals surface area contributed by atoms with Crippen molar-refractivity contribution >= 4 is 28.6 Å². The fraction of sp³-hybridized carbons (Fsp3) is 0.350. The number of nitrogens with one attached hydrogen (secondary N) is 1. The van der Waals surface area contributed by atoms with E-state index in [1.165, 1.54) is 12.8 Å². The Kier molecular flexibility index (Phi) is 4.64. The number of hydrogen-bond acceptors (Lipinski definition) is 3. The van der Waals surface area contributed by atoms with E-state index in [2.05, 4.69) is 22.0 Å². The van der Waals surface area contributed by atoms with Gasteiger partial charge in [0, 0.05) is 17.1 Å². The molecule has 0 unspecified atom stereocenters. The Hall–Kier alpha value is -2.04. The summed E-state index contributed by atoms with van der Waals surface area (Å²) in [5.74, 6) is 0.878. The summed E-state index contributed by atoms with van der Waals surface area (Å²) in [6.07, 6.45) is 4.60.